The summed E-state index contributed by atoms with van der Waals surface area (Å²) in [7, 11) is 0. The molecule has 2 aromatic carbocycles. The number of para-hydroxylation sites is 1. The van der Waals surface area contributed by atoms with E-state index < -0.39 is 0 Å². The second-order valence-electron chi connectivity index (χ2n) is 5.41. The predicted molar refractivity (Wildman–Crippen MR) is 97.4 cm³/mol. The van der Waals surface area contributed by atoms with Crippen LogP contribution >= 0.6 is 11.6 Å². The Morgan fingerprint density at radius 3 is 2.72 bits per heavy atom. The van der Waals surface area contributed by atoms with Crippen molar-refractivity contribution in [3.05, 3.63) is 82.5 Å². The molecule has 0 saturated heterocycles. The second-order valence-corrected chi connectivity index (χ2v) is 5.82. The summed E-state index contributed by atoms with van der Waals surface area (Å²) < 4.78 is 5.14. The smallest absolute Gasteiger partial charge is 0.248 e. The molecule has 6 heteroatoms. The lowest BCUT2D eigenvalue weighted by Gasteiger charge is -2.08. The molecule has 1 heterocycles. The highest BCUT2D eigenvalue weighted by Gasteiger charge is 2.09. The minimum atomic E-state index is -0.242. The fourth-order valence-corrected chi connectivity index (χ4v) is 2.52. The summed E-state index contributed by atoms with van der Waals surface area (Å²) in [4.78, 5) is 16.4. The molecule has 126 valence electrons. The maximum Gasteiger partial charge on any atom is 0.248 e. The molecule has 25 heavy (non-hydrogen) atoms. The van der Waals surface area contributed by atoms with Crippen LogP contribution in [0, 0.1) is 6.92 Å². The standard InChI is InChI=1S/C19H16ClN3O2/c1-13-21-19(25-23-13)12-15-7-3-5-9-17(15)22-18(24)11-10-14-6-2-4-8-16(14)20/h2-11H,12H2,1H3,(H,22,24)/b11-10+. The van der Waals surface area contributed by atoms with Crippen molar-refractivity contribution in [1.82, 2.24) is 10.1 Å². The lowest BCUT2D eigenvalue weighted by molar-refractivity contribution is -0.111. The third kappa shape index (κ3) is 4.55. The molecule has 5 nitrogen and oxygen atoms in total. The normalized spacial score (nSPS) is 11.0. The van der Waals surface area contributed by atoms with Crippen LogP contribution in [0.15, 0.2) is 59.1 Å². The zero-order valence-electron chi connectivity index (χ0n) is 13.6. The van der Waals surface area contributed by atoms with Gasteiger partial charge in [-0.15, -0.1) is 0 Å². The number of nitrogens with zero attached hydrogens (tertiary/aromatic N) is 2. The van der Waals surface area contributed by atoms with Gasteiger partial charge in [-0.2, -0.15) is 4.98 Å². The molecule has 3 aromatic rings. The molecule has 0 radical (unpaired) electrons. The van der Waals surface area contributed by atoms with Gasteiger partial charge in [-0.25, -0.2) is 0 Å². The summed E-state index contributed by atoms with van der Waals surface area (Å²) in [5, 5.41) is 7.24. The van der Waals surface area contributed by atoms with E-state index in [-0.39, 0.29) is 5.91 Å². The fourth-order valence-electron chi connectivity index (χ4n) is 2.32. The number of benzene rings is 2. The van der Waals surface area contributed by atoms with Crippen LogP contribution in [0.5, 0.6) is 0 Å². The third-order valence-corrected chi connectivity index (χ3v) is 3.85. The van der Waals surface area contributed by atoms with Gasteiger partial charge < -0.3 is 9.84 Å². The van der Waals surface area contributed by atoms with Crippen molar-refractivity contribution < 1.29 is 9.32 Å². The molecule has 1 aromatic heterocycles. The maximum atomic E-state index is 12.2. The van der Waals surface area contributed by atoms with Crippen molar-refractivity contribution in [2.24, 2.45) is 0 Å². The predicted octanol–water partition coefficient (Wildman–Crippen LogP) is 4.27. The highest BCUT2D eigenvalue weighted by molar-refractivity contribution is 6.32. The maximum absolute atomic E-state index is 12.2. The van der Waals surface area contributed by atoms with Gasteiger partial charge in [0.05, 0.1) is 6.42 Å². The summed E-state index contributed by atoms with van der Waals surface area (Å²) in [6.07, 6.45) is 3.59. The van der Waals surface area contributed by atoms with E-state index >= 15 is 0 Å². The van der Waals surface area contributed by atoms with Gasteiger partial charge in [0.2, 0.25) is 11.8 Å². The number of aromatic nitrogens is 2. The Balaban J connectivity index is 1.72. The summed E-state index contributed by atoms with van der Waals surface area (Å²) in [5.41, 5.74) is 2.38. The van der Waals surface area contributed by atoms with Gasteiger partial charge >= 0.3 is 0 Å². The van der Waals surface area contributed by atoms with E-state index in [0.717, 1.165) is 11.1 Å². The molecule has 0 spiro atoms. The van der Waals surface area contributed by atoms with Crippen LogP contribution in [0.3, 0.4) is 0 Å². The van der Waals surface area contributed by atoms with Crippen LogP contribution in [0.2, 0.25) is 5.02 Å². The molecule has 0 atom stereocenters. The topological polar surface area (TPSA) is 68.0 Å². The molecule has 1 N–H and O–H groups in total. The number of rotatable bonds is 5. The van der Waals surface area contributed by atoms with Gasteiger partial charge in [0.1, 0.15) is 0 Å². The number of amides is 1. The van der Waals surface area contributed by atoms with E-state index in [1.807, 2.05) is 42.5 Å². The Morgan fingerprint density at radius 2 is 1.96 bits per heavy atom. The van der Waals surface area contributed by atoms with Crippen molar-refractivity contribution in [3.8, 4) is 0 Å². The molecule has 0 aliphatic carbocycles. The average Bonchev–Trinajstić information content (AvgIpc) is 3.01. The van der Waals surface area contributed by atoms with E-state index in [4.69, 9.17) is 16.1 Å². The average molecular weight is 354 g/mol. The zero-order chi connectivity index (χ0) is 17.6. The van der Waals surface area contributed by atoms with Gasteiger partial charge in [-0.05, 0) is 36.3 Å². The molecular formula is C19H16ClN3O2. The van der Waals surface area contributed by atoms with Gasteiger partial charge in [0.25, 0.3) is 0 Å². The van der Waals surface area contributed by atoms with Crippen molar-refractivity contribution in [3.63, 3.8) is 0 Å². The summed E-state index contributed by atoms with van der Waals surface area (Å²) in [6, 6.07) is 14.8. The first-order valence-corrected chi connectivity index (χ1v) is 8.10. The van der Waals surface area contributed by atoms with E-state index in [1.165, 1.54) is 6.08 Å². The number of nitrogens with one attached hydrogen (secondary N) is 1. The SMILES string of the molecule is Cc1noc(Cc2ccccc2NC(=O)/C=C/c2ccccc2Cl)n1. The zero-order valence-corrected chi connectivity index (χ0v) is 14.3. The highest BCUT2D eigenvalue weighted by atomic mass is 35.5. The van der Waals surface area contributed by atoms with Gasteiger partial charge in [-0.1, -0.05) is 53.2 Å². The second kappa shape index (κ2) is 7.77. The van der Waals surface area contributed by atoms with Crippen molar-refractivity contribution in [2.75, 3.05) is 5.32 Å². The molecule has 0 fully saturated rings. The van der Waals surface area contributed by atoms with E-state index in [1.54, 1.807) is 19.1 Å². The Morgan fingerprint density at radius 1 is 1.20 bits per heavy atom. The van der Waals surface area contributed by atoms with Crippen molar-refractivity contribution in [1.29, 1.82) is 0 Å². The number of hydrogen-bond donors (Lipinski definition) is 1. The van der Waals surface area contributed by atoms with Crippen LogP contribution < -0.4 is 5.32 Å². The first kappa shape index (κ1) is 16.9. The van der Waals surface area contributed by atoms with Crippen LogP contribution in [-0.4, -0.2) is 16.0 Å². The number of hydrogen-bond acceptors (Lipinski definition) is 4. The number of aryl methyl sites for hydroxylation is 1. The first-order valence-electron chi connectivity index (χ1n) is 7.72. The Hall–Kier alpha value is -2.92. The molecule has 0 aliphatic rings. The third-order valence-electron chi connectivity index (χ3n) is 3.51. The summed E-state index contributed by atoms with van der Waals surface area (Å²) >= 11 is 6.08. The monoisotopic (exact) mass is 353 g/mol. The molecule has 3 rings (SSSR count). The van der Waals surface area contributed by atoms with Crippen LogP contribution in [0.1, 0.15) is 22.8 Å². The fraction of sp³-hybridized carbons (Fsp3) is 0.105. The Kier molecular flexibility index (Phi) is 5.26. The van der Waals surface area contributed by atoms with Crippen molar-refractivity contribution >= 4 is 29.3 Å². The largest absolute Gasteiger partial charge is 0.339 e. The molecule has 0 bridgehead atoms. The highest BCUT2D eigenvalue weighted by Crippen LogP contribution is 2.19. The quantitative estimate of drug-likeness (QED) is 0.695. The lowest BCUT2D eigenvalue weighted by Crippen LogP contribution is -2.10. The molecular weight excluding hydrogens is 338 g/mol. The molecule has 0 saturated carbocycles. The van der Waals surface area contributed by atoms with Gasteiger partial charge in [0.15, 0.2) is 5.82 Å². The van der Waals surface area contributed by atoms with E-state index in [0.29, 0.717) is 28.8 Å². The van der Waals surface area contributed by atoms with Crippen LogP contribution in [-0.2, 0) is 11.2 Å². The molecule has 0 unspecified atom stereocenters. The number of halogens is 1. The number of carbonyl (C=O) groups is 1. The number of carbonyl (C=O) groups excluding carboxylic acids is 1. The van der Waals surface area contributed by atoms with Gasteiger partial charge in [0, 0.05) is 16.8 Å². The lowest BCUT2D eigenvalue weighted by atomic mass is 10.1. The number of anilines is 1. The Labute approximate surface area is 150 Å². The van der Waals surface area contributed by atoms with Crippen LogP contribution in [0.4, 0.5) is 5.69 Å². The van der Waals surface area contributed by atoms with Crippen molar-refractivity contribution in [2.45, 2.75) is 13.3 Å². The minimum absolute atomic E-state index is 0.242. The first-order chi connectivity index (χ1) is 12.1. The van der Waals surface area contributed by atoms with Crippen LogP contribution in [0.25, 0.3) is 6.08 Å². The molecule has 0 aliphatic heterocycles. The Bertz CT molecular complexity index is 918. The summed E-state index contributed by atoms with van der Waals surface area (Å²) in [6.45, 7) is 1.76. The van der Waals surface area contributed by atoms with Gasteiger partial charge in [-0.3, -0.25) is 4.79 Å². The minimum Gasteiger partial charge on any atom is -0.339 e. The van der Waals surface area contributed by atoms with E-state index in [9.17, 15) is 4.79 Å². The molecule has 1 amide bonds. The summed E-state index contributed by atoms with van der Waals surface area (Å²) in [5.74, 6) is 0.846. The van der Waals surface area contributed by atoms with E-state index in [2.05, 4.69) is 15.5 Å².